The molecular weight excluding hydrogens is 242 g/mol. The van der Waals surface area contributed by atoms with E-state index in [-0.39, 0.29) is 12.2 Å². The second kappa shape index (κ2) is 4.55. The number of benzene rings is 1. The van der Waals surface area contributed by atoms with E-state index >= 15 is 0 Å². The van der Waals surface area contributed by atoms with Crippen molar-refractivity contribution in [1.29, 1.82) is 0 Å². The number of fused-ring (bicyclic) bond motifs is 1. The summed E-state index contributed by atoms with van der Waals surface area (Å²) >= 11 is 6.07. The Bertz CT molecular complexity index is 473. The van der Waals surface area contributed by atoms with E-state index < -0.39 is 12.0 Å². The fourth-order valence-electron chi connectivity index (χ4n) is 2.28. The van der Waals surface area contributed by atoms with Crippen molar-refractivity contribution in [2.75, 3.05) is 0 Å². The molecule has 1 aliphatic carbocycles. The Labute approximate surface area is 104 Å². The number of carbonyl (C=O) groups is 1. The summed E-state index contributed by atoms with van der Waals surface area (Å²) in [4.78, 5) is 10.6. The number of carboxylic acids is 1. The van der Waals surface area contributed by atoms with Gasteiger partial charge in [0.2, 0.25) is 0 Å². The third-order valence-electron chi connectivity index (χ3n) is 3.13. The number of halogens is 1. The Morgan fingerprint density at radius 3 is 2.88 bits per heavy atom. The van der Waals surface area contributed by atoms with E-state index in [0.717, 1.165) is 30.4 Å². The third-order valence-corrected chi connectivity index (χ3v) is 3.54. The van der Waals surface area contributed by atoms with Gasteiger partial charge in [-0.05, 0) is 30.4 Å². The predicted octanol–water partition coefficient (Wildman–Crippen LogP) is 2.01. The van der Waals surface area contributed by atoms with Crippen molar-refractivity contribution >= 4 is 17.6 Å². The van der Waals surface area contributed by atoms with E-state index in [2.05, 4.69) is 0 Å². The van der Waals surface area contributed by atoms with Gasteiger partial charge in [0.15, 0.2) is 0 Å². The summed E-state index contributed by atoms with van der Waals surface area (Å²) in [7, 11) is 0. The van der Waals surface area contributed by atoms with Gasteiger partial charge in [0.05, 0.1) is 11.4 Å². The largest absolute Gasteiger partial charge is 0.506 e. The Morgan fingerprint density at radius 2 is 2.24 bits per heavy atom. The standard InChI is InChI=1S/C12H14ClNO3/c13-11-7-3-1-2-6(7)4-8(12(11)17)9(14)5-10(15)16/h4,9,17H,1-3,5,14H2,(H,15,16). The van der Waals surface area contributed by atoms with Crippen molar-refractivity contribution in [2.24, 2.45) is 5.73 Å². The summed E-state index contributed by atoms with van der Waals surface area (Å²) in [6, 6.07) is 1.06. The third kappa shape index (κ3) is 2.23. The molecule has 92 valence electrons. The topological polar surface area (TPSA) is 83.6 Å². The Hall–Kier alpha value is -1.26. The van der Waals surface area contributed by atoms with E-state index in [1.54, 1.807) is 6.07 Å². The quantitative estimate of drug-likeness (QED) is 0.771. The number of carboxylic acid groups (broad SMARTS) is 1. The van der Waals surface area contributed by atoms with Crippen molar-refractivity contribution in [3.63, 3.8) is 0 Å². The van der Waals surface area contributed by atoms with Crippen LogP contribution in [0.15, 0.2) is 6.07 Å². The number of phenolic OH excluding ortho intramolecular Hbond substituents is 1. The van der Waals surface area contributed by atoms with Crippen LogP contribution in [0.3, 0.4) is 0 Å². The van der Waals surface area contributed by atoms with Crippen molar-refractivity contribution in [1.82, 2.24) is 0 Å². The van der Waals surface area contributed by atoms with E-state index in [0.29, 0.717) is 10.6 Å². The molecule has 0 aliphatic heterocycles. The van der Waals surface area contributed by atoms with Crippen LogP contribution in [0.2, 0.25) is 5.02 Å². The first-order chi connectivity index (χ1) is 8.00. The predicted molar refractivity (Wildman–Crippen MR) is 64.3 cm³/mol. The van der Waals surface area contributed by atoms with Crippen molar-refractivity contribution in [2.45, 2.75) is 31.7 Å². The summed E-state index contributed by atoms with van der Waals surface area (Å²) in [5.74, 6) is -1.06. The lowest BCUT2D eigenvalue weighted by Gasteiger charge is -2.15. The maximum atomic E-state index is 10.6. The van der Waals surface area contributed by atoms with Gasteiger partial charge in [-0.25, -0.2) is 0 Å². The molecule has 0 saturated carbocycles. The normalized spacial score (nSPS) is 15.6. The van der Waals surface area contributed by atoms with Crippen LogP contribution in [0.1, 0.15) is 35.6 Å². The van der Waals surface area contributed by atoms with Crippen LogP contribution in [0.25, 0.3) is 0 Å². The molecular formula is C12H14ClNO3. The van der Waals surface area contributed by atoms with Crippen molar-refractivity contribution < 1.29 is 15.0 Å². The fourth-order valence-corrected chi connectivity index (χ4v) is 2.61. The molecule has 0 aromatic heterocycles. The van der Waals surface area contributed by atoms with Gasteiger partial charge in [-0.2, -0.15) is 0 Å². The summed E-state index contributed by atoms with van der Waals surface area (Å²) in [5.41, 5.74) is 8.23. The van der Waals surface area contributed by atoms with Crippen LogP contribution < -0.4 is 5.73 Å². The summed E-state index contributed by atoms with van der Waals surface area (Å²) in [6.45, 7) is 0. The molecule has 1 atom stereocenters. The van der Waals surface area contributed by atoms with Gasteiger partial charge in [-0.1, -0.05) is 17.7 Å². The molecule has 0 bridgehead atoms. The minimum Gasteiger partial charge on any atom is -0.506 e. The zero-order valence-electron chi connectivity index (χ0n) is 9.24. The highest BCUT2D eigenvalue weighted by atomic mass is 35.5. The number of aryl methyl sites for hydroxylation is 1. The number of nitrogens with two attached hydrogens (primary N) is 1. The van der Waals surface area contributed by atoms with Crippen LogP contribution in [0, 0.1) is 0 Å². The number of rotatable bonds is 3. The maximum Gasteiger partial charge on any atom is 0.305 e. The first-order valence-electron chi connectivity index (χ1n) is 5.51. The maximum absolute atomic E-state index is 10.6. The average molecular weight is 256 g/mol. The van der Waals surface area contributed by atoms with Gasteiger partial charge >= 0.3 is 5.97 Å². The molecule has 0 spiro atoms. The minimum absolute atomic E-state index is 0.0685. The fraction of sp³-hybridized carbons (Fsp3) is 0.417. The first-order valence-corrected chi connectivity index (χ1v) is 5.89. The summed E-state index contributed by atoms with van der Waals surface area (Å²) < 4.78 is 0. The zero-order valence-corrected chi connectivity index (χ0v) is 10.00. The number of hydrogen-bond donors (Lipinski definition) is 3. The number of hydrogen-bond acceptors (Lipinski definition) is 3. The molecule has 0 heterocycles. The summed E-state index contributed by atoms with van der Waals surface area (Å²) in [6.07, 6.45) is 2.55. The van der Waals surface area contributed by atoms with Gasteiger partial charge in [0, 0.05) is 11.6 Å². The lowest BCUT2D eigenvalue weighted by molar-refractivity contribution is -0.137. The molecule has 1 unspecified atom stereocenters. The molecule has 0 radical (unpaired) electrons. The van der Waals surface area contributed by atoms with Crippen LogP contribution in [-0.4, -0.2) is 16.2 Å². The van der Waals surface area contributed by atoms with Crippen LogP contribution >= 0.6 is 11.6 Å². The van der Waals surface area contributed by atoms with E-state index in [1.165, 1.54) is 0 Å². The molecule has 0 amide bonds. The van der Waals surface area contributed by atoms with Gasteiger partial charge in [0.25, 0.3) is 0 Å². The minimum atomic E-state index is -0.992. The lowest BCUT2D eigenvalue weighted by atomic mass is 9.98. The molecule has 1 aromatic rings. The number of aliphatic carboxylic acids is 1. The smallest absolute Gasteiger partial charge is 0.305 e. The molecule has 4 nitrogen and oxygen atoms in total. The molecule has 17 heavy (non-hydrogen) atoms. The Kier molecular flexibility index (Phi) is 3.26. The highest BCUT2D eigenvalue weighted by molar-refractivity contribution is 6.33. The lowest BCUT2D eigenvalue weighted by Crippen LogP contribution is -2.15. The zero-order chi connectivity index (χ0) is 12.6. The Morgan fingerprint density at radius 1 is 1.53 bits per heavy atom. The van der Waals surface area contributed by atoms with Gasteiger partial charge in [-0.15, -0.1) is 0 Å². The van der Waals surface area contributed by atoms with Gasteiger partial charge < -0.3 is 15.9 Å². The highest BCUT2D eigenvalue weighted by Gasteiger charge is 2.23. The summed E-state index contributed by atoms with van der Waals surface area (Å²) in [5, 5.41) is 19.0. The molecule has 1 aliphatic rings. The second-order valence-electron chi connectivity index (χ2n) is 4.32. The SMILES string of the molecule is NC(CC(=O)O)c1cc2c(c(Cl)c1O)CCC2. The average Bonchev–Trinajstić information content (AvgIpc) is 2.70. The second-order valence-corrected chi connectivity index (χ2v) is 4.70. The monoisotopic (exact) mass is 255 g/mol. The van der Waals surface area contributed by atoms with Gasteiger partial charge in [-0.3, -0.25) is 4.79 Å². The van der Waals surface area contributed by atoms with Gasteiger partial charge in [0.1, 0.15) is 5.75 Å². The van der Waals surface area contributed by atoms with E-state index in [1.807, 2.05) is 0 Å². The Balaban J connectivity index is 2.41. The van der Waals surface area contributed by atoms with Crippen LogP contribution in [0.4, 0.5) is 0 Å². The molecule has 1 aromatic carbocycles. The van der Waals surface area contributed by atoms with Crippen LogP contribution in [0.5, 0.6) is 5.75 Å². The first kappa shape index (κ1) is 12.2. The number of aromatic hydroxyl groups is 1. The van der Waals surface area contributed by atoms with Crippen molar-refractivity contribution in [3.05, 3.63) is 27.8 Å². The van der Waals surface area contributed by atoms with E-state index in [4.69, 9.17) is 22.4 Å². The molecule has 4 N–H and O–H groups in total. The number of phenols is 1. The molecule has 0 saturated heterocycles. The van der Waals surface area contributed by atoms with E-state index in [9.17, 15) is 9.90 Å². The van der Waals surface area contributed by atoms with Crippen molar-refractivity contribution in [3.8, 4) is 5.75 Å². The highest BCUT2D eigenvalue weighted by Crippen LogP contribution is 2.40. The molecule has 5 heteroatoms. The van der Waals surface area contributed by atoms with Crippen LogP contribution in [-0.2, 0) is 17.6 Å². The molecule has 2 rings (SSSR count). The molecule has 0 fully saturated rings.